The lowest BCUT2D eigenvalue weighted by molar-refractivity contribution is -0.289. The molecule has 48 heavy (non-hydrogen) atoms. The fourth-order valence-corrected chi connectivity index (χ4v) is 6.78. The predicted octanol–water partition coefficient (Wildman–Crippen LogP) is 5.20. The topological polar surface area (TPSA) is 111 Å². The first kappa shape index (κ1) is 37.3. The first-order chi connectivity index (χ1) is 22.1. The van der Waals surface area contributed by atoms with E-state index in [0.717, 1.165) is 12.0 Å². The number of benzene rings is 2. The van der Waals surface area contributed by atoms with Crippen LogP contribution in [0.25, 0.3) is 0 Å². The van der Waals surface area contributed by atoms with Crippen LogP contribution < -0.4 is 15.4 Å². The Morgan fingerprint density at radius 3 is 2.04 bits per heavy atom. The minimum atomic E-state index is -5.91. The van der Waals surface area contributed by atoms with Gasteiger partial charge in [-0.1, -0.05) is 31.4 Å². The SMILES string of the molecule is CNC(=O)c1ccc(Oc2ccc(CN3CCC4(CC3)C(=O)N[C@H](CC3(O)CCCCC3)C(=O)N4CC(F)(F)C(F)(F)F)cc2)cc1.Cl. The normalized spacial score (nSPS) is 21.3. The quantitative estimate of drug-likeness (QED) is 0.310. The summed E-state index contributed by atoms with van der Waals surface area (Å²) in [5.41, 5.74) is -1.83. The fourth-order valence-electron chi connectivity index (χ4n) is 6.78. The second-order valence-corrected chi connectivity index (χ2v) is 12.8. The number of halogens is 6. The molecule has 2 aromatic rings. The zero-order chi connectivity index (χ0) is 34.0. The molecule has 1 saturated carbocycles. The van der Waals surface area contributed by atoms with E-state index in [1.54, 1.807) is 43.4 Å². The highest BCUT2D eigenvalue weighted by atomic mass is 35.5. The highest BCUT2D eigenvalue weighted by Crippen LogP contribution is 2.42. The Labute approximate surface area is 281 Å². The third-order valence-corrected chi connectivity index (χ3v) is 9.54. The number of piperidine rings is 1. The van der Waals surface area contributed by atoms with Crippen molar-refractivity contribution in [3.63, 3.8) is 0 Å². The van der Waals surface area contributed by atoms with Crippen LogP contribution in [0.15, 0.2) is 48.5 Å². The maximum Gasteiger partial charge on any atom is 0.455 e. The van der Waals surface area contributed by atoms with Crippen LogP contribution in [0.1, 0.15) is 67.3 Å². The van der Waals surface area contributed by atoms with E-state index in [-0.39, 0.29) is 50.7 Å². The zero-order valence-electron chi connectivity index (χ0n) is 26.5. The third-order valence-electron chi connectivity index (χ3n) is 9.54. The number of nitrogens with one attached hydrogen (secondary N) is 2. The Bertz CT molecular complexity index is 1440. The number of amides is 3. The van der Waals surface area contributed by atoms with Gasteiger partial charge < -0.3 is 25.4 Å². The van der Waals surface area contributed by atoms with Crippen molar-refractivity contribution in [2.75, 3.05) is 26.7 Å². The summed E-state index contributed by atoms with van der Waals surface area (Å²) >= 11 is 0. The molecule has 3 amide bonds. The number of likely N-dealkylation sites (tertiary alicyclic amines) is 1. The molecule has 5 rings (SSSR count). The van der Waals surface area contributed by atoms with Crippen molar-refractivity contribution < 1.29 is 46.2 Å². The lowest BCUT2D eigenvalue weighted by Crippen LogP contribution is -2.75. The smallest absolute Gasteiger partial charge is 0.455 e. The number of nitrogens with zero attached hydrogens (tertiary/aromatic N) is 2. The van der Waals surface area contributed by atoms with Gasteiger partial charge in [0.15, 0.2) is 0 Å². The van der Waals surface area contributed by atoms with E-state index in [1.165, 1.54) is 0 Å². The molecule has 0 aromatic heterocycles. The maximum atomic E-state index is 14.5. The summed E-state index contributed by atoms with van der Waals surface area (Å²) in [5.74, 6) is -6.17. The molecule has 1 spiro atoms. The molecule has 1 aliphatic carbocycles. The van der Waals surface area contributed by atoms with Crippen molar-refractivity contribution in [2.45, 2.75) is 87.2 Å². The van der Waals surface area contributed by atoms with Crippen LogP contribution in [0, 0.1) is 0 Å². The average Bonchev–Trinajstić information content (AvgIpc) is 3.03. The van der Waals surface area contributed by atoms with Gasteiger partial charge in [0.05, 0.1) is 12.1 Å². The van der Waals surface area contributed by atoms with Gasteiger partial charge in [0.2, 0.25) is 11.8 Å². The number of piperazine rings is 1. The lowest BCUT2D eigenvalue weighted by Gasteiger charge is -2.53. The number of rotatable bonds is 9. The molecule has 15 heteroatoms. The van der Waals surface area contributed by atoms with Crippen molar-refractivity contribution in [3.05, 3.63) is 59.7 Å². The van der Waals surface area contributed by atoms with Crippen LogP contribution in [0.2, 0.25) is 0 Å². The summed E-state index contributed by atoms with van der Waals surface area (Å²) in [6.45, 7) is -1.23. The second kappa shape index (κ2) is 14.6. The Morgan fingerprint density at radius 2 is 1.50 bits per heavy atom. The highest BCUT2D eigenvalue weighted by molar-refractivity contribution is 6.00. The van der Waals surface area contributed by atoms with E-state index in [9.17, 15) is 41.4 Å². The molecular weight excluding hydrogens is 663 g/mol. The number of aliphatic hydroxyl groups is 1. The van der Waals surface area contributed by atoms with E-state index in [2.05, 4.69) is 10.6 Å². The molecule has 3 N–H and O–H groups in total. The van der Waals surface area contributed by atoms with E-state index in [0.29, 0.717) is 54.2 Å². The van der Waals surface area contributed by atoms with Gasteiger partial charge in [0, 0.05) is 38.7 Å². The van der Waals surface area contributed by atoms with Gasteiger partial charge in [-0.25, -0.2) is 0 Å². The third kappa shape index (κ3) is 8.03. The molecule has 0 bridgehead atoms. The monoisotopic (exact) mass is 702 g/mol. The van der Waals surface area contributed by atoms with E-state index in [4.69, 9.17) is 4.74 Å². The van der Waals surface area contributed by atoms with Gasteiger partial charge in [-0.2, -0.15) is 22.0 Å². The van der Waals surface area contributed by atoms with E-state index in [1.807, 2.05) is 17.0 Å². The van der Waals surface area contributed by atoms with Gasteiger partial charge in [-0.15, -0.1) is 12.4 Å². The van der Waals surface area contributed by atoms with Crippen molar-refractivity contribution in [1.82, 2.24) is 20.4 Å². The predicted molar refractivity (Wildman–Crippen MR) is 168 cm³/mol. The van der Waals surface area contributed by atoms with Crippen LogP contribution in [0.5, 0.6) is 11.5 Å². The molecular formula is C33H40ClF5N4O5. The fraction of sp³-hybridized carbons (Fsp3) is 0.545. The summed E-state index contributed by atoms with van der Waals surface area (Å²) < 4.78 is 74.9. The molecule has 2 aliphatic heterocycles. The van der Waals surface area contributed by atoms with Crippen molar-refractivity contribution >= 4 is 30.1 Å². The Kier molecular flexibility index (Phi) is 11.3. The molecule has 3 aliphatic rings. The second-order valence-electron chi connectivity index (χ2n) is 12.8. The van der Waals surface area contributed by atoms with Crippen molar-refractivity contribution in [1.29, 1.82) is 0 Å². The number of hydrogen-bond acceptors (Lipinski definition) is 6. The minimum Gasteiger partial charge on any atom is -0.457 e. The molecule has 1 atom stereocenters. The van der Waals surface area contributed by atoms with E-state index < -0.39 is 47.6 Å². The first-order valence-corrected chi connectivity index (χ1v) is 15.8. The molecule has 3 fully saturated rings. The van der Waals surface area contributed by atoms with E-state index >= 15 is 0 Å². The number of alkyl halides is 5. The Morgan fingerprint density at radius 1 is 0.938 bits per heavy atom. The number of carbonyl (C=O) groups is 3. The molecule has 9 nitrogen and oxygen atoms in total. The van der Waals surface area contributed by atoms with Crippen molar-refractivity contribution in [2.24, 2.45) is 0 Å². The Hall–Kier alpha value is -3.49. The zero-order valence-corrected chi connectivity index (χ0v) is 27.3. The average molecular weight is 703 g/mol. The summed E-state index contributed by atoms with van der Waals surface area (Å²) in [4.78, 5) is 41.3. The van der Waals surface area contributed by atoms with Gasteiger partial charge >= 0.3 is 12.1 Å². The highest BCUT2D eigenvalue weighted by Gasteiger charge is 2.63. The summed E-state index contributed by atoms with van der Waals surface area (Å²) in [5, 5.41) is 16.1. The lowest BCUT2D eigenvalue weighted by atomic mass is 9.77. The summed E-state index contributed by atoms with van der Waals surface area (Å²) in [6.07, 6.45) is -3.47. The summed E-state index contributed by atoms with van der Waals surface area (Å²) in [6, 6.07) is 12.4. The molecule has 2 aromatic carbocycles. The van der Waals surface area contributed by atoms with Crippen LogP contribution in [-0.2, 0) is 16.1 Å². The van der Waals surface area contributed by atoms with Gasteiger partial charge in [-0.05, 0) is 67.6 Å². The molecule has 0 radical (unpaired) electrons. The first-order valence-electron chi connectivity index (χ1n) is 15.8. The standard InChI is InChI=1S/C33H39F5N4O5.ClH/c1-39-27(43)23-7-11-25(12-8-23)47-24-9-5-22(6-10-24)20-41-17-15-31(16-18-41)29(45)40-26(19-30(46)13-3-2-4-14-30)28(44)42(31)21-32(34,35)33(36,37)38;/h5-12,26,46H,2-4,13-21H2,1H3,(H,39,43)(H,40,45);1H/t26-;/m1./s1. The van der Waals surface area contributed by atoms with Crippen LogP contribution in [0.4, 0.5) is 22.0 Å². The van der Waals surface area contributed by atoms with Crippen LogP contribution in [-0.4, -0.2) is 88.6 Å². The van der Waals surface area contributed by atoms with Gasteiger partial charge in [0.1, 0.15) is 23.1 Å². The van der Waals surface area contributed by atoms with Crippen LogP contribution >= 0.6 is 12.4 Å². The number of hydrogen-bond donors (Lipinski definition) is 3. The molecule has 2 saturated heterocycles. The van der Waals surface area contributed by atoms with Crippen LogP contribution in [0.3, 0.4) is 0 Å². The number of ether oxygens (including phenoxy) is 1. The minimum absolute atomic E-state index is 0. The largest absolute Gasteiger partial charge is 0.457 e. The van der Waals surface area contributed by atoms with Gasteiger partial charge in [0.25, 0.3) is 5.91 Å². The maximum absolute atomic E-state index is 14.5. The Balaban J connectivity index is 0.00000520. The number of carbonyl (C=O) groups excluding carboxylic acids is 3. The van der Waals surface area contributed by atoms with Crippen molar-refractivity contribution in [3.8, 4) is 11.5 Å². The summed E-state index contributed by atoms with van der Waals surface area (Å²) in [7, 11) is 1.54. The molecule has 0 unspecified atom stereocenters. The van der Waals surface area contributed by atoms with Gasteiger partial charge in [-0.3, -0.25) is 19.3 Å². The molecule has 264 valence electrons. The molecule has 2 heterocycles.